The summed E-state index contributed by atoms with van der Waals surface area (Å²) in [6.45, 7) is 2.02. The van der Waals surface area contributed by atoms with Gasteiger partial charge in [0.15, 0.2) is 5.78 Å². The largest absolute Gasteiger partial charge is 0.369 e. The maximum atomic E-state index is 12.3. The summed E-state index contributed by atoms with van der Waals surface area (Å²) < 4.78 is 0. The highest BCUT2D eigenvalue weighted by molar-refractivity contribution is 6.01. The molecule has 0 saturated carbocycles. The molecule has 4 heterocycles. The fraction of sp³-hybridized carbons (Fsp3) is 0.294. The lowest BCUT2D eigenvalue weighted by Gasteiger charge is -2.41. The van der Waals surface area contributed by atoms with E-state index in [1.165, 1.54) is 0 Å². The summed E-state index contributed by atoms with van der Waals surface area (Å²) >= 11 is 0. The van der Waals surface area contributed by atoms with E-state index in [9.17, 15) is 4.79 Å². The lowest BCUT2D eigenvalue weighted by molar-refractivity contribution is -0.125. The van der Waals surface area contributed by atoms with Gasteiger partial charge in [-0.05, 0) is 31.1 Å². The molecule has 100 valence electrons. The van der Waals surface area contributed by atoms with Crippen molar-refractivity contribution < 1.29 is 4.79 Å². The van der Waals surface area contributed by atoms with Crippen molar-refractivity contribution in [1.82, 2.24) is 9.88 Å². The molecule has 3 aliphatic rings. The molecule has 1 aromatic heterocycles. The lowest BCUT2D eigenvalue weighted by Crippen LogP contribution is -2.45. The van der Waals surface area contributed by atoms with Gasteiger partial charge in [-0.3, -0.25) is 4.79 Å². The second-order valence-corrected chi connectivity index (χ2v) is 5.58. The molecule has 5 rings (SSSR count). The molecule has 3 heteroatoms. The zero-order valence-electron chi connectivity index (χ0n) is 11.2. The Morgan fingerprint density at radius 2 is 1.90 bits per heavy atom. The summed E-state index contributed by atoms with van der Waals surface area (Å²) in [5.74, 6) is 0.546. The highest BCUT2D eigenvalue weighted by atomic mass is 16.1. The van der Waals surface area contributed by atoms with E-state index in [1.54, 1.807) is 0 Å². The predicted molar refractivity (Wildman–Crippen MR) is 79.0 cm³/mol. The number of allylic oxidation sites excluding steroid dienone is 1. The molecule has 20 heavy (non-hydrogen) atoms. The van der Waals surface area contributed by atoms with E-state index in [4.69, 9.17) is 0 Å². The van der Waals surface area contributed by atoms with Gasteiger partial charge in [0.05, 0.1) is 16.9 Å². The van der Waals surface area contributed by atoms with Crippen LogP contribution in [0.3, 0.4) is 0 Å². The predicted octanol–water partition coefficient (Wildman–Crippen LogP) is 2.87. The van der Waals surface area contributed by atoms with Gasteiger partial charge in [0, 0.05) is 24.4 Å². The van der Waals surface area contributed by atoms with Gasteiger partial charge in [-0.15, -0.1) is 0 Å². The molecule has 0 N–H and O–H groups in total. The van der Waals surface area contributed by atoms with Gasteiger partial charge in [0.25, 0.3) is 0 Å². The minimum atomic E-state index is 0.242. The number of ketones is 1. The highest BCUT2D eigenvalue weighted by Crippen LogP contribution is 2.32. The summed E-state index contributed by atoms with van der Waals surface area (Å²) in [4.78, 5) is 19.2. The third kappa shape index (κ3) is 1.82. The van der Waals surface area contributed by atoms with E-state index in [-0.39, 0.29) is 5.92 Å². The third-order valence-electron chi connectivity index (χ3n) is 4.36. The quantitative estimate of drug-likeness (QED) is 0.743. The molecule has 3 aliphatic heterocycles. The number of aromatic nitrogens is 1. The number of Topliss-reactive ketones (excluding diaryl/α,β-unsaturated/α-hetero) is 1. The minimum absolute atomic E-state index is 0.242. The third-order valence-corrected chi connectivity index (χ3v) is 4.36. The van der Waals surface area contributed by atoms with Crippen LogP contribution in [0.25, 0.3) is 17.0 Å². The average molecular weight is 264 g/mol. The molecule has 1 aromatic carbocycles. The topological polar surface area (TPSA) is 33.2 Å². The van der Waals surface area contributed by atoms with Gasteiger partial charge in [-0.2, -0.15) is 0 Å². The van der Waals surface area contributed by atoms with Gasteiger partial charge in [-0.1, -0.05) is 24.3 Å². The van der Waals surface area contributed by atoms with Crippen LogP contribution in [0.2, 0.25) is 0 Å². The number of hydrogen-bond donors (Lipinski definition) is 0. The van der Waals surface area contributed by atoms with Crippen LogP contribution in [0, 0.1) is 5.92 Å². The second kappa shape index (κ2) is 4.44. The number of piperidine rings is 3. The normalized spacial score (nSPS) is 21.1. The molecule has 0 aliphatic carbocycles. The lowest BCUT2D eigenvalue weighted by atomic mass is 9.84. The number of rotatable bonds is 1. The smallest absolute Gasteiger partial charge is 0.182 e. The Labute approximate surface area is 117 Å². The first-order valence-electron chi connectivity index (χ1n) is 7.18. The van der Waals surface area contributed by atoms with Crippen LogP contribution < -0.4 is 0 Å². The van der Waals surface area contributed by atoms with Crippen LogP contribution >= 0.6 is 0 Å². The molecule has 2 bridgehead atoms. The number of fused-ring (bicyclic) bond motifs is 4. The van der Waals surface area contributed by atoms with E-state index in [1.807, 2.05) is 30.3 Å². The first-order valence-corrected chi connectivity index (χ1v) is 7.18. The van der Waals surface area contributed by atoms with Crippen molar-refractivity contribution >= 4 is 22.8 Å². The molecule has 0 amide bonds. The minimum Gasteiger partial charge on any atom is -0.369 e. The van der Waals surface area contributed by atoms with E-state index in [0.717, 1.165) is 48.2 Å². The number of carbonyl (C=O) groups is 1. The van der Waals surface area contributed by atoms with Crippen molar-refractivity contribution in [2.24, 2.45) is 5.92 Å². The second-order valence-electron chi connectivity index (χ2n) is 5.58. The maximum absolute atomic E-state index is 12.3. The highest BCUT2D eigenvalue weighted by Gasteiger charge is 2.36. The zero-order valence-corrected chi connectivity index (χ0v) is 11.2. The van der Waals surface area contributed by atoms with Gasteiger partial charge >= 0.3 is 0 Å². The van der Waals surface area contributed by atoms with E-state index in [2.05, 4.69) is 22.0 Å². The van der Waals surface area contributed by atoms with Gasteiger partial charge in [-0.25, -0.2) is 4.98 Å². The SMILES string of the molecule is O=C1C(=Cc2ccc3ccccc3n2)N2CCC1CC2. The van der Waals surface area contributed by atoms with E-state index in [0.29, 0.717) is 5.78 Å². The maximum Gasteiger partial charge on any atom is 0.182 e. The first kappa shape index (κ1) is 11.6. The molecule has 0 unspecified atom stereocenters. The number of benzene rings is 1. The average Bonchev–Trinajstić information content (AvgIpc) is 2.51. The van der Waals surface area contributed by atoms with Crippen LogP contribution in [0.15, 0.2) is 42.1 Å². The molecular weight excluding hydrogens is 248 g/mol. The van der Waals surface area contributed by atoms with Crippen LogP contribution in [0.5, 0.6) is 0 Å². The number of hydrogen-bond acceptors (Lipinski definition) is 3. The van der Waals surface area contributed by atoms with E-state index < -0.39 is 0 Å². The monoisotopic (exact) mass is 264 g/mol. The summed E-state index contributed by atoms with van der Waals surface area (Å²) in [6.07, 6.45) is 3.99. The zero-order chi connectivity index (χ0) is 13.5. The van der Waals surface area contributed by atoms with Crippen molar-refractivity contribution in [1.29, 1.82) is 0 Å². The molecular formula is C17H16N2O. The summed E-state index contributed by atoms with van der Waals surface area (Å²) in [7, 11) is 0. The molecule has 2 aromatic rings. The van der Waals surface area contributed by atoms with Crippen molar-refractivity contribution in [2.75, 3.05) is 13.1 Å². The van der Waals surface area contributed by atoms with Crippen LogP contribution in [0.4, 0.5) is 0 Å². The Kier molecular flexibility index (Phi) is 2.59. The molecule has 3 nitrogen and oxygen atoms in total. The Hall–Kier alpha value is -2.16. The van der Waals surface area contributed by atoms with Crippen LogP contribution in [-0.4, -0.2) is 28.8 Å². The Morgan fingerprint density at radius 1 is 1.10 bits per heavy atom. The molecule has 3 saturated heterocycles. The van der Waals surface area contributed by atoms with Crippen LogP contribution in [-0.2, 0) is 4.79 Å². The van der Waals surface area contributed by atoms with Gasteiger partial charge in [0.2, 0.25) is 0 Å². The Morgan fingerprint density at radius 3 is 2.70 bits per heavy atom. The van der Waals surface area contributed by atoms with Crippen molar-refractivity contribution in [3.63, 3.8) is 0 Å². The van der Waals surface area contributed by atoms with Gasteiger partial charge in [0.1, 0.15) is 0 Å². The molecule has 0 radical (unpaired) electrons. The fourth-order valence-electron chi connectivity index (χ4n) is 3.21. The van der Waals surface area contributed by atoms with Gasteiger partial charge < -0.3 is 4.90 Å². The fourth-order valence-corrected chi connectivity index (χ4v) is 3.21. The van der Waals surface area contributed by atoms with Crippen molar-refractivity contribution in [3.05, 3.63) is 47.8 Å². The Balaban J connectivity index is 1.76. The molecule has 0 spiro atoms. The van der Waals surface area contributed by atoms with Crippen molar-refractivity contribution in [2.45, 2.75) is 12.8 Å². The van der Waals surface area contributed by atoms with E-state index >= 15 is 0 Å². The number of pyridine rings is 1. The molecule has 3 fully saturated rings. The number of para-hydroxylation sites is 1. The van der Waals surface area contributed by atoms with Crippen LogP contribution in [0.1, 0.15) is 18.5 Å². The summed E-state index contributed by atoms with van der Waals surface area (Å²) in [5.41, 5.74) is 2.71. The molecule has 0 atom stereocenters. The summed E-state index contributed by atoms with van der Waals surface area (Å²) in [6, 6.07) is 12.1. The number of carbonyl (C=O) groups excluding carboxylic acids is 1. The first-order chi connectivity index (χ1) is 9.81. The summed E-state index contributed by atoms with van der Waals surface area (Å²) in [5, 5.41) is 1.13. The standard InChI is InChI=1S/C17H16N2O/c20-17-13-7-9-19(10-8-13)16(17)11-14-6-5-12-3-1-2-4-15(12)18-14/h1-6,11,13H,7-10H2. The number of nitrogens with zero attached hydrogens (tertiary/aromatic N) is 2. The Bertz CT molecular complexity index is 712. The van der Waals surface area contributed by atoms with Crippen molar-refractivity contribution in [3.8, 4) is 0 Å².